The number of fused-ring (bicyclic) bond motifs is 1. The number of benzene rings is 1. The highest BCUT2D eigenvalue weighted by molar-refractivity contribution is 7.10. The Bertz CT molecular complexity index is 640. The van der Waals surface area contributed by atoms with E-state index in [2.05, 4.69) is 0 Å². The second-order valence-electron chi connectivity index (χ2n) is 4.85. The van der Waals surface area contributed by atoms with Crippen LogP contribution in [-0.4, -0.2) is 22.5 Å². The zero-order chi connectivity index (χ0) is 14.1. The minimum absolute atomic E-state index is 0.235. The lowest BCUT2D eigenvalue weighted by molar-refractivity contribution is -0.144. The predicted octanol–water partition coefficient (Wildman–Crippen LogP) is 3.07. The predicted molar refractivity (Wildman–Crippen MR) is 75.2 cm³/mol. The Morgan fingerprint density at radius 1 is 1.35 bits per heavy atom. The molecule has 0 saturated heterocycles. The SMILES string of the molecule is O=C(O)[C@H](c1ccccc1F)N1CCc2sccc2C1. The third kappa shape index (κ3) is 2.34. The van der Waals surface area contributed by atoms with E-state index in [9.17, 15) is 14.3 Å². The largest absolute Gasteiger partial charge is 0.480 e. The van der Waals surface area contributed by atoms with Crippen LogP contribution in [0.25, 0.3) is 0 Å². The second-order valence-corrected chi connectivity index (χ2v) is 5.85. The number of halogens is 1. The molecule has 1 atom stereocenters. The van der Waals surface area contributed by atoms with Crippen LogP contribution in [0, 0.1) is 5.82 Å². The molecule has 0 unspecified atom stereocenters. The first-order valence-corrected chi connectivity index (χ1v) is 7.31. The van der Waals surface area contributed by atoms with Crippen molar-refractivity contribution in [3.63, 3.8) is 0 Å². The first-order chi connectivity index (χ1) is 9.66. The first kappa shape index (κ1) is 13.3. The number of hydrogen-bond donors (Lipinski definition) is 1. The molecule has 0 spiro atoms. The van der Waals surface area contributed by atoms with Gasteiger partial charge in [0.25, 0.3) is 0 Å². The van der Waals surface area contributed by atoms with Crippen molar-refractivity contribution in [1.29, 1.82) is 0 Å². The van der Waals surface area contributed by atoms with E-state index >= 15 is 0 Å². The molecule has 1 aliphatic heterocycles. The lowest BCUT2D eigenvalue weighted by Crippen LogP contribution is -2.38. The van der Waals surface area contributed by atoms with Gasteiger partial charge in [0.05, 0.1) is 0 Å². The molecule has 0 bridgehead atoms. The van der Waals surface area contributed by atoms with Crippen molar-refractivity contribution in [2.45, 2.75) is 19.0 Å². The Morgan fingerprint density at radius 3 is 2.90 bits per heavy atom. The third-order valence-electron chi connectivity index (χ3n) is 3.64. The van der Waals surface area contributed by atoms with Gasteiger partial charge in [0, 0.05) is 23.5 Å². The monoisotopic (exact) mass is 291 g/mol. The van der Waals surface area contributed by atoms with E-state index in [1.165, 1.54) is 10.9 Å². The van der Waals surface area contributed by atoms with Crippen molar-refractivity contribution in [2.75, 3.05) is 6.54 Å². The van der Waals surface area contributed by atoms with E-state index in [-0.39, 0.29) is 5.56 Å². The number of hydrogen-bond acceptors (Lipinski definition) is 3. The van der Waals surface area contributed by atoms with Crippen LogP contribution in [0.2, 0.25) is 0 Å². The molecule has 0 fully saturated rings. The summed E-state index contributed by atoms with van der Waals surface area (Å²) in [4.78, 5) is 14.7. The Morgan fingerprint density at radius 2 is 2.15 bits per heavy atom. The van der Waals surface area contributed by atoms with Crippen LogP contribution in [0.1, 0.15) is 22.0 Å². The maximum Gasteiger partial charge on any atom is 0.325 e. The summed E-state index contributed by atoms with van der Waals surface area (Å²) in [5.74, 6) is -1.47. The lowest BCUT2D eigenvalue weighted by Gasteiger charge is -2.32. The summed E-state index contributed by atoms with van der Waals surface area (Å²) in [6, 6.07) is 7.21. The van der Waals surface area contributed by atoms with E-state index in [0.717, 1.165) is 12.0 Å². The summed E-state index contributed by atoms with van der Waals surface area (Å²) >= 11 is 1.70. The van der Waals surface area contributed by atoms with Gasteiger partial charge in [0.2, 0.25) is 0 Å². The molecule has 3 nitrogen and oxygen atoms in total. The van der Waals surface area contributed by atoms with Crippen LogP contribution in [0.15, 0.2) is 35.7 Å². The fourth-order valence-corrected chi connectivity index (χ4v) is 3.56. The van der Waals surface area contributed by atoms with E-state index in [4.69, 9.17) is 0 Å². The molecule has 2 aromatic rings. The van der Waals surface area contributed by atoms with Crippen LogP contribution in [-0.2, 0) is 17.8 Å². The average molecular weight is 291 g/mol. The first-order valence-electron chi connectivity index (χ1n) is 6.43. The maximum absolute atomic E-state index is 13.9. The molecule has 104 valence electrons. The van der Waals surface area contributed by atoms with E-state index in [0.29, 0.717) is 13.1 Å². The number of aliphatic carboxylic acids is 1. The summed E-state index contributed by atoms with van der Waals surface area (Å²) in [5, 5.41) is 11.5. The Hall–Kier alpha value is -1.72. The van der Waals surface area contributed by atoms with Crippen molar-refractivity contribution >= 4 is 17.3 Å². The summed E-state index contributed by atoms with van der Waals surface area (Å²) in [7, 11) is 0. The zero-order valence-electron chi connectivity index (χ0n) is 10.8. The molecule has 0 radical (unpaired) electrons. The number of carboxylic acids is 1. The van der Waals surface area contributed by atoms with Crippen LogP contribution in [0.4, 0.5) is 4.39 Å². The maximum atomic E-state index is 13.9. The molecule has 1 N–H and O–H groups in total. The molecular formula is C15H14FNO2S. The smallest absolute Gasteiger partial charge is 0.325 e. The van der Waals surface area contributed by atoms with Crippen molar-refractivity contribution in [3.8, 4) is 0 Å². The fourth-order valence-electron chi connectivity index (χ4n) is 2.67. The van der Waals surface area contributed by atoms with Gasteiger partial charge in [-0.1, -0.05) is 18.2 Å². The number of carboxylic acid groups (broad SMARTS) is 1. The quantitative estimate of drug-likeness (QED) is 0.945. The fraction of sp³-hybridized carbons (Fsp3) is 0.267. The highest BCUT2D eigenvalue weighted by Gasteiger charge is 2.32. The zero-order valence-corrected chi connectivity index (χ0v) is 11.6. The van der Waals surface area contributed by atoms with Crippen LogP contribution < -0.4 is 0 Å². The van der Waals surface area contributed by atoms with Crippen LogP contribution in [0.5, 0.6) is 0 Å². The van der Waals surface area contributed by atoms with Crippen molar-refractivity contribution in [2.24, 2.45) is 0 Å². The van der Waals surface area contributed by atoms with E-state index in [1.807, 2.05) is 16.3 Å². The Labute approximate surface area is 120 Å². The van der Waals surface area contributed by atoms with E-state index < -0.39 is 17.8 Å². The number of thiophene rings is 1. The summed E-state index contributed by atoms with van der Waals surface area (Å²) in [5.41, 5.74) is 1.39. The molecule has 0 aliphatic carbocycles. The van der Waals surface area contributed by atoms with Gasteiger partial charge in [-0.25, -0.2) is 4.39 Å². The van der Waals surface area contributed by atoms with Crippen molar-refractivity contribution in [3.05, 3.63) is 57.5 Å². The molecule has 1 aromatic heterocycles. The van der Waals surface area contributed by atoms with Gasteiger partial charge in [-0.15, -0.1) is 11.3 Å². The van der Waals surface area contributed by atoms with Gasteiger partial charge in [-0.3, -0.25) is 9.69 Å². The molecule has 0 amide bonds. The summed E-state index contributed by atoms with van der Waals surface area (Å²) < 4.78 is 13.9. The van der Waals surface area contributed by atoms with Crippen molar-refractivity contribution in [1.82, 2.24) is 4.90 Å². The minimum atomic E-state index is -1.01. The van der Waals surface area contributed by atoms with Crippen LogP contribution in [0.3, 0.4) is 0 Å². The van der Waals surface area contributed by atoms with Gasteiger partial charge in [0.1, 0.15) is 11.9 Å². The second kappa shape index (κ2) is 5.34. The van der Waals surface area contributed by atoms with Gasteiger partial charge in [-0.2, -0.15) is 0 Å². The number of carbonyl (C=O) groups is 1. The van der Waals surface area contributed by atoms with Gasteiger partial charge < -0.3 is 5.11 Å². The Balaban J connectivity index is 1.93. The Kier molecular flexibility index (Phi) is 3.54. The molecule has 20 heavy (non-hydrogen) atoms. The topological polar surface area (TPSA) is 40.5 Å². The molecule has 3 rings (SSSR count). The molecule has 2 heterocycles. The summed E-state index contributed by atoms with van der Waals surface area (Å²) in [6.45, 7) is 1.20. The standard InChI is InChI=1S/C15H14FNO2S/c16-12-4-2-1-3-11(12)14(15(18)19)17-7-5-13-10(9-17)6-8-20-13/h1-4,6,8,14H,5,7,9H2,(H,18,19)/t14-/m0/s1. The van der Waals surface area contributed by atoms with Gasteiger partial charge in [0.15, 0.2) is 0 Å². The average Bonchev–Trinajstić information content (AvgIpc) is 2.88. The van der Waals surface area contributed by atoms with Gasteiger partial charge in [-0.05, 0) is 29.5 Å². The van der Waals surface area contributed by atoms with Gasteiger partial charge >= 0.3 is 5.97 Å². The lowest BCUT2D eigenvalue weighted by atomic mass is 10.0. The molecule has 1 aliphatic rings. The molecule has 0 saturated carbocycles. The number of nitrogens with zero attached hydrogens (tertiary/aromatic N) is 1. The van der Waals surface area contributed by atoms with E-state index in [1.54, 1.807) is 29.5 Å². The van der Waals surface area contributed by atoms with Crippen molar-refractivity contribution < 1.29 is 14.3 Å². The minimum Gasteiger partial charge on any atom is -0.480 e. The summed E-state index contributed by atoms with van der Waals surface area (Å²) in [6.07, 6.45) is 0.825. The molecular weight excluding hydrogens is 277 g/mol. The highest BCUT2D eigenvalue weighted by atomic mass is 32.1. The molecule has 1 aromatic carbocycles. The van der Waals surface area contributed by atoms with Crippen LogP contribution >= 0.6 is 11.3 Å². The normalized spacial score (nSPS) is 16.6. The highest BCUT2D eigenvalue weighted by Crippen LogP contribution is 2.31. The third-order valence-corrected chi connectivity index (χ3v) is 4.66. The number of rotatable bonds is 3. The molecule has 5 heteroatoms.